The molecule has 0 fully saturated rings. The highest BCUT2D eigenvalue weighted by Crippen LogP contribution is 1.95. The lowest BCUT2D eigenvalue weighted by Crippen LogP contribution is -1.92. The SMILES string of the molecule is Cn1cc(C#N)nc1C=O. The Morgan fingerprint density at radius 2 is 2.60 bits per heavy atom. The van der Waals surface area contributed by atoms with Crippen LogP contribution in [0.25, 0.3) is 0 Å². The number of carbonyl (C=O) groups excluding carboxylic acids is 1. The molecule has 0 saturated heterocycles. The maximum absolute atomic E-state index is 10.2. The molecule has 0 bridgehead atoms. The molecule has 10 heavy (non-hydrogen) atoms. The molecule has 0 aliphatic heterocycles. The molecular formula is C6H5N3O. The van der Waals surface area contributed by atoms with Crippen LogP contribution in [0, 0.1) is 11.3 Å². The lowest BCUT2D eigenvalue weighted by Gasteiger charge is -1.86. The Hall–Kier alpha value is -1.63. The minimum atomic E-state index is 0.268. The number of hydrogen-bond donors (Lipinski definition) is 0. The monoisotopic (exact) mass is 135 g/mol. The molecule has 0 spiro atoms. The quantitative estimate of drug-likeness (QED) is 0.513. The fourth-order valence-electron chi connectivity index (χ4n) is 0.644. The second kappa shape index (κ2) is 2.31. The molecule has 1 aromatic heterocycles. The third kappa shape index (κ3) is 0.890. The van der Waals surface area contributed by atoms with Gasteiger partial charge in [-0.05, 0) is 0 Å². The van der Waals surface area contributed by atoms with Gasteiger partial charge in [-0.2, -0.15) is 5.26 Å². The molecule has 0 aromatic carbocycles. The van der Waals surface area contributed by atoms with Gasteiger partial charge < -0.3 is 4.57 Å². The maximum Gasteiger partial charge on any atom is 0.185 e. The van der Waals surface area contributed by atoms with E-state index in [0.717, 1.165) is 0 Å². The average molecular weight is 135 g/mol. The van der Waals surface area contributed by atoms with Crippen molar-refractivity contribution in [2.45, 2.75) is 0 Å². The summed E-state index contributed by atoms with van der Waals surface area (Å²) < 4.78 is 1.51. The number of aldehydes is 1. The first-order chi connectivity index (χ1) is 4.77. The second-order valence-corrected chi connectivity index (χ2v) is 1.82. The molecule has 1 rings (SSSR count). The molecule has 0 amide bonds. The van der Waals surface area contributed by atoms with E-state index >= 15 is 0 Å². The van der Waals surface area contributed by atoms with Gasteiger partial charge in [-0.3, -0.25) is 4.79 Å². The Balaban J connectivity index is 3.19. The summed E-state index contributed by atoms with van der Waals surface area (Å²) in [5.41, 5.74) is 0.268. The van der Waals surface area contributed by atoms with Gasteiger partial charge in [0.25, 0.3) is 0 Å². The zero-order valence-electron chi connectivity index (χ0n) is 5.40. The molecule has 0 N–H and O–H groups in total. The van der Waals surface area contributed by atoms with E-state index in [1.165, 1.54) is 10.8 Å². The average Bonchev–Trinajstić information content (AvgIpc) is 2.30. The van der Waals surface area contributed by atoms with Crippen LogP contribution in [-0.2, 0) is 7.05 Å². The molecule has 0 saturated carbocycles. The van der Waals surface area contributed by atoms with Crippen LogP contribution in [0.2, 0.25) is 0 Å². The van der Waals surface area contributed by atoms with E-state index in [0.29, 0.717) is 6.29 Å². The zero-order valence-corrected chi connectivity index (χ0v) is 5.40. The van der Waals surface area contributed by atoms with Crippen LogP contribution >= 0.6 is 0 Å². The Kier molecular flexibility index (Phi) is 1.50. The van der Waals surface area contributed by atoms with E-state index < -0.39 is 0 Å². The van der Waals surface area contributed by atoms with Crippen molar-refractivity contribution in [3.8, 4) is 6.07 Å². The minimum Gasteiger partial charge on any atom is -0.330 e. The van der Waals surface area contributed by atoms with Crippen LogP contribution in [0.3, 0.4) is 0 Å². The Morgan fingerprint density at radius 1 is 1.90 bits per heavy atom. The van der Waals surface area contributed by atoms with Crippen molar-refractivity contribution in [2.24, 2.45) is 7.05 Å². The highest BCUT2D eigenvalue weighted by molar-refractivity contribution is 5.69. The van der Waals surface area contributed by atoms with Gasteiger partial charge in [0.1, 0.15) is 6.07 Å². The van der Waals surface area contributed by atoms with Crippen LogP contribution in [0.1, 0.15) is 16.3 Å². The van der Waals surface area contributed by atoms with Crippen molar-refractivity contribution >= 4 is 6.29 Å². The molecule has 0 atom stereocenters. The van der Waals surface area contributed by atoms with E-state index in [9.17, 15) is 4.79 Å². The Bertz CT molecular complexity index is 294. The molecule has 0 aliphatic rings. The van der Waals surface area contributed by atoms with Gasteiger partial charge in [-0.1, -0.05) is 0 Å². The molecule has 0 radical (unpaired) electrons. The number of rotatable bonds is 1. The van der Waals surface area contributed by atoms with E-state index in [4.69, 9.17) is 5.26 Å². The summed E-state index contributed by atoms with van der Waals surface area (Å²) >= 11 is 0. The first-order valence-corrected chi connectivity index (χ1v) is 2.66. The van der Waals surface area contributed by atoms with Crippen LogP contribution < -0.4 is 0 Å². The lowest BCUT2D eigenvalue weighted by molar-refractivity contribution is 0.111. The first kappa shape index (κ1) is 6.49. The zero-order chi connectivity index (χ0) is 7.56. The number of hydrogen-bond acceptors (Lipinski definition) is 3. The number of nitrogens with zero attached hydrogens (tertiary/aromatic N) is 3. The fourth-order valence-corrected chi connectivity index (χ4v) is 0.644. The predicted octanol–water partition coefficient (Wildman–Crippen LogP) is 0.104. The Labute approximate surface area is 57.7 Å². The third-order valence-corrected chi connectivity index (χ3v) is 1.13. The smallest absolute Gasteiger partial charge is 0.185 e. The molecule has 1 aromatic rings. The molecular weight excluding hydrogens is 130 g/mol. The van der Waals surface area contributed by atoms with E-state index in [1.54, 1.807) is 7.05 Å². The summed E-state index contributed by atoms with van der Waals surface area (Å²) in [7, 11) is 1.66. The molecule has 4 heteroatoms. The van der Waals surface area contributed by atoms with Crippen molar-refractivity contribution in [1.82, 2.24) is 9.55 Å². The van der Waals surface area contributed by atoms with Gasteiger partial charge in [0.15, 0.2) is 17.8 Å². The largest absolute Gasteiger partial charge is 0.330 e. The number of nitriles is 1. The molecule has 4 nitrogen and oxygen atoms in total. The van der Waals surface area contributed by atoms with E-state index in [-0.39, 0.29) is 11.5 Å². The van der Waals surface area contributed by atoms with Gasteiger partial charge >= 0.3 is 0 Å². The van der Waals surface area contributed by atoms with Gasteiger partial charge in [0.05, 0.1) is 0 Å². The van der Waals surface area contributed by atoms with Crippen molar-refractivity contribution in [3.63, 3.8) is 0 Å². The summed E-state index contributed by atoms with van der Waals surface area (Å²) in [6.45, 7) is 0. The number of imidazole rings is 1. The normalized spacial score (nSPS) is 8.80. The predicted molar refractivity (Wildman–Crippen MR) is 33.3 cm³/mol. The van der Waals surface area contributed by atoms with Crippen molar-refractivity contribution in [1.29, 1.82) is 5.26 Å². The summed E-state index contributed by atoms with van der Waals surface area (Å²) in [6.07, 6.45) is 2.12. The molecule has 50 valence electrons. The van der Waals surface area contributed by atoms with E-state index in [2.05, 4.69) is 4.98 Å². The highest BCUT2D eigenvalue weighted by Gasteiger charge is 2.00. The fraction of sp³-hybridized carbons (Fsp3) is 0.167. The summed E-state index contributed by atoms with van der Waals surface area (Å²) in [5.74, 6) is 0.275. The standard InChI is InChI=1S/C6H5N3O/c1-9-3-5(2-7)8-6(9)4-10/h3-4H,1H3. The topological polar surface area (TPSA) is 58.7 Å². The maximum atomic E-state index is 10.2. The van der Waals surface area contributed by atoms with Crippen LogP contribution in [0.4, 0.5) is 0 Å². The van der Waals surface area contributed by atoms with Gasteiger partial charge in [-0.15, -0.1) is 0 Å². The molecule has 1 heterocycles. The van der Waals surface area contributed by atoms with Gasteiger partial charge in [0, 0.05) is 13.2 Å². The summed E-state index contributed by atoms with van der Waals surface area (Å²) in [5, 5.41) is 8.33. The van der Waals surface area contributed by atoms with Crippen molar-refractivity contribution in [3.05, 3.63) is 17.7 Å². The highest BCUT2D eigenvalue weighted by atomic mass is 16.1. The van der Waals surface area contributed by atoms with Crippen LogP contribution in [0.15, 0.2) is 6.20 Å². The number of carbonyl (C=O) groups is 1. The number of aromatic nitrogens is 2. The second-order valence-electron chi connectivity index (χ2n) is 1.82. The lowest BCUT2D eigenvalue weighted by atomic mass is 10.5. The summed E-state index contributed by atoms with van der Waals surface area (Å²) in [6, 6.07) is 1.83. The first-order valence-electron chi connectivity index (χ1n) is 2.66. The molecule has 0 unspecified atom stereocenters. The summed E-state index contributed by atoms with van der Waals surface area (Å²) in [4.78, 5) is 13.8. The minimum absolute atomic E-state index is 0.268. The van der Waals surface area contributed by atoms with Crippen LogP contribution in [0.5, 0.6) is 0 Å². The Morgan fingerprint density at radius 3 is 2.90 bits per heavy atom. The van der Waals surface area contributed by atoms with E-state index in [1.807, 2.05) is 6.07 Å². The van der Waals surface area contributed by atoms with Gasteiger partial charge in [-0.25, -0.2) is 4.98 Å². The van der Waals surface area contributed by atoms with Gasteiger partial charge in [0.2, 0.25) is 0 Å². The molecule has 0 aliphatic carbocycles. The third-order valence-electron chi connectivity index (χ3n) is 1.13. The van der Waals surface area contributed by atoms with Crippen molar-refractivity contribution < 1.29 is 4.79 Å². The number of aryl methyl sites for hydroxylation is 1. The van der Waals surface area contributed by atoms with Crippen molar-refractivity contribution in [2.75, 3.05) is 0 Å². The van der Waals surface area contributed by atoms with Crippen LogP contribution in [-0.4, -0.2) is 15.8 Å².